The third kappa shape index (κ3) is 5.58. The van der Waals surface area contributed by atoms with Crippen LogP contribution in [0.3, 0.4) is 0 Å². The van der Waals surface area contributed by atoms with Gasteiger partial charge in [-0.05, 0) is 61.6 Å². The van der Waals surface area contributed by atoms with E-state index in [1.165, 1.54) is 6.26 Å². The number of sulfone groups is 1. The van der Waals surface area contributed by atoms with E-state index in [9.17, 15) is 13.2 Å². The van der Waals surface area contributed by atoms with Gasteiger partial charge in [0.05, 0.1) is 10.9 Å². The average Bonchev–Trinajstić information content (AvgIpc) is 2.60. The summed E-state index contributed by atoms with van der Waals surface area (Å²) in [5, 5.41) is 2.92. The zero-order valence-electron chi connectivity index (χ0n) is 17.3. The first-order valence-electron chi connectivity index (χ1n) is 9.36. The number of carbonyl (C=O) groups excluding carboxylic acids is 1. The molecule has 0 radical (unpaired) electrons. The standard InChI is InChI=1S/C22H29NO4S/c1-14(2)20-12-7-15(3)13-21(20)27-17(5)22(24)23-16(4)18-8-10-19(11-9-18)28(6,25)26/h7-14,16-17H,1-6H3,(H,23,24)/t16-,17+/m0/s1. The molecule has 152 valence electrons. The minimum atomic E-state index is -3.24. The molecule has 2 aromatic carbocycles. The Morgan fingerprint density at radius 2 is 1.61 bits per heavy atom. The Kier molecular flexibility index (Phi) is 6.88. The molecule has 0 aliphatic carbocycles. The van der Waals surface area contributed by atoms with Crippen LogP contribution in [0.5, 0.6) is 5.75 Å². The van der Waals surface area contributed by atoms with E-state index in [4.69, 9.17) is 4.74 Å². The van der Waals surface area contributed by atoms with Crippen molar-refractivity contribution in [2.75, 3.05) is 6.26 Å². The second-order valence-electron chi connectivity index (χ2n) is 7.53. The summed E-state index contributed by atoms with van der Waals surface area (Å²) in [6.45, 7) is 9.74. The van der Waals surface area contributed by atoms with Gasteiger partial charge in [0, 0.05) is 6.26 Å². The summed E-state index contributed by atoms with van der Waals surface area (Å²) in [6.07, 6.45) is 0.514. The van der Waals surface area contributed by atoms with Gasteiger partial charge in [0.15, 0.2) is 15.9 Å². The number of rotatable bonds is 7. The molecule has 0 aliphatic heterocycles. The molecule has 2 rings (SSSR count). The number of ether oxygens (including phenoxy) is 1. The van der Waals surface area contributed by atoms with Crippen molar-refractivity contribution in [1.82, 2.24) is 5.32 Å². The van der Waals surface area contributed by atoms with Crippen LogP contribution in [-0.4, -0.2) is 26.7 Å². The molecule has 2 aromatic rings. The van der Waals surface area contributed by atoms with Gasteiger partial charge in [-0.2, -0.15) is 0 Å². The first-order chi connectivity index (χ1) is 13.0. The van der Waals surface area contributed by atoms with Crippen molar-refractivity contribution in [3.05, 3.63) is 59.2 Å². The normalized spacial score (nSPS) is 13.8. The van der Waals surface area contributed by atoms with Gasteiger partial charge in [0.25, 0.3) is 5.91 Å². The van der Waals surface area contributed by atoms with Crippen LogP contribution < -0.4 is 10.1 Å². The molecule has 0 spiro atoms. The van der Waals surface area contributed by atoms with Crippen LogP contribution in [0.4, 0.5) is 0 Å². The summed E-state index contributed by atoms with van der Waals surface area (Å²) < 4.78 is 29.1. The summed E-state index contributed by atoms with van der Waals surface area (Å²) in [7, 11) is -3.24. The molecule has 1 amide bonds. The van der Waals surface area contributed by atoms with Gasteiger partial charge in [0.2, 0.25) is 0 Å². The molecule has 0 saturated carbocycles. The van der Waals surface area contributed by atoms with E-state index in [0.29, 0.717) is 0 Å². The molecule has 0 heterocycles. The second-order valence-corrected chi connectivity index (χ2v) is 9.54. The number of carbonyl (C=O) groups is 1. The minimum Gasteiger partial charge on any atom is -0.481 e. The third-order valence-electron chi connectivity index (χ3n) is 4.63. The maximum absolute atomic E-state index is 12.6. The Morgan fingerprint density at radius 1 is 1.00 bits per heavy atom. The molecule has 1 N–H and O–H groups in total. The van der Waals surface area contributed by atoms with Gasteiger partial charge < -0.3 is 10.1 Å². The topological polar surface area (TPSA) is 72.5 Å². The molecule has 0 bridgehead atoms. The van der Waals surface area contributed by atoms with Crippen LogP contribution in [-0.2, 0) is 14.6 Å². The van der Waals surface area contributed by atoms with Gasteiger partial charge in [-0.15, -0.1) is 0 Å². The van der Waals surface area contributed by atoms with Crippen molar-refractivity contribution >= 4 is 15.7 Å². The first kappa shape index (κ1) is 22.0. The molecular formula is C22H29NO4S. The molecular weight excluding hydrogens is 374 g/mol. The summed E-state index contributed by atoms with van der Waals surface area (Å²) in [6, 6.07) is 12.3. The van der Waals surface area contributed by atoms with Crippen molar-refractivity contribution in [3.63, 3.8) is 0 Å². The van der Waals surface area contributed by atoms with Crippen molar-refractivity contribution < 1.29 is 17.9 Å². The quantitative estimate of drug-likeness (QED) is 0.753. The van der Waals surface area contributed by atoms with Gasteiger partial charge in [-0.3, -0.25) is 4.79 Å². The maximum Gasteiger partial charge on any atom is 0.261 e. The highest BCUT2D eigenvalue weighted by Gasteiger charge is 2.20. The Morgan fingerprint density at radius 3 is 2.14 bits per heavy atom. The molecule has 6 heteroatoms. The van der Waals surface area contributed by atoms with Crippen molar-refractivity contribution in [1.29, 1.82) is 0 Å². The summed E-state index contributed by atoms with van der Waals surface area (Å²) in [5.74, 6) is 0.789. The van der Waals surface area contributed by atoms with Gasteiger partial charge >= 0.3 is 0 Å². The lowest BCUT2D eigenvalue weighted by molar-refractivity contribution is -0.127. The highest BCUT2D eigenvalue weighted by molar-refractivity contribution is 7.90. The predicted molar refractivity (Wildman–Crippen MR) is 111 cm³/mol. The Hall–Kier alpha value is -2.34. The molecule has 0 aliphatic rings. The second kappa shape index (κ2) is 8.78. The van der Waals surface area contributed by atoms with Crippen LogP contribution in [0.25, 0.3) is 0 Å². The lowest BCUT2D eigenvalue weighted by Gasteiger charge is -2.21. The van der Waals surface area contributed by atoms with E-state index in [1.54, 1.807) is 31.2 Å². The van der Waals surface area contributed by atoms with Gasteiger partial charge in [-0.25, -0.2) is 8.42 Å². The molecule has 0 saturated heterocycles. The fourth-order valence-corrected chi connectivity index (χ4v) is 3.51. The van der Waals surface area contributed by atoms with E-state index >= 15 is 0 Å². The Labute approximate surface area is 168 Å². The molecule has 28 heavy (non-hydrogen) atoms. The molecule has 0 unspecified atom stereocenters. The fraction of sp³-hybridized carbons (Fsp3) is 0.409. The number of amides is 1. The molecule has 2 atom stereocenters. The zero-order chi connectivity index (χ0) is 21.1. The lowest BCUT2D eigenvalue weighted by atomic mass is 10.0. The number of hydrogen-bond donors (Lipinski definition) is 1. The summed E-state index contributed by atoms with van der Waals surface area (Å²) in [4.78, 5) is 12.8. The monoisotopic (exact) mass is 403 g/mol. The average molecular weight is 404 g/mol. The Balaban J connectivity index is 2.07. The fourth-order valence-electron chi connectivity index (χ4n) is 2.88. The molecule has 5 nitrogen and oxygen atoms in total. The van der Waals surface area contributed by atoms with Crippen molar-refractivity contribution in [2.45, 2.75) is 57.6 Å². The smallest absolute Gasteiger partial charge is 0.261 e. The maximum atomic E-state index is 12.6. The predicted octanol–water partition coefficient (Wildman–Crippen LogP) is 4.17. The lowest BCUT2D eigenvalue weighted by Crippen LogP contribution is -2.38. The highest BCUT2D eigenvalue weighted by Crippen LogP contribution is 2.28. The number of hydrogen-bond acceptors (Lipinski definition) is 4. The van der Waals surface area contributed by atoms with E-state index < -0.39 is 15.9 Å². The van der Waals surface area contributed by atoms with Gasteiger partial charge in [-0.1, -0.05) is 38.1 Å². The SMILES string of the molecule is Cc1ccc(C(C)C)c(O[C@H](C)C(=O)N[C@@H](C)c2ccc(S(C)(=O)=O)cc2)c1. The summed E-state index contributed by atoms with van der Waals surface area (Å²) >= 11 is 0. The Bertz CT molecular complexity index is 934. The number of aryl methyl sites for hydroxylation is 1. The van der Waals surface area contributed by atoms with E-state index in [1.807, 2.05) is 32.0 Å². The number of benzene rings is 2. The van der Waals surface area contributed by atoms with Crippen LogP contribution >= 0.6 is 0 Å². The van der Waals surface area contributed by atoms with E-state index in [0.717, 1.165) is 22.4 Å². The van der Waals surface area contributed by atoms with Crippen LogP contribution in [0, 0.1) is 6.92 Å². The van der Waals surface area contributed by atoms with E-state index in [2.05, 4.69) is 19.2 Å². The van der Waals surface area contributed by atoms with Crippen molar-refractivity contribution in [2.24, 2.45) is 0 Å². The largest absolute Gasteiger partial charge is 0.481 e. The minimum absolute atomic E-state index is 0.226. The first-order valence-corrected chi connectivity index (χ1v) is 11.3. The highest BCUT2D eigenvalue weighted by atomic mass is 32.2. The van der Waals surface area contributed by atoms with Crippen LogP contribution in [0.1, 0.15) is 56.3 Å². The van der Waals surface area contributed by atoms with Crippen LogP contribution in [0.15, 0.2) is 47.4 Å². The van der Waals surface area contributed by atoms with Crippen molar-refractivity contribution in [3.8, 4) is 5.75 Å². The molecule has 0 fully saturated rings. The third-order valence-corrected chi connectivity index (χ3v) is 5.76. The number of nitrogens with one attached hydrogen (secondary N) is 1. The zero-order valence-corrected chi connectivity index (χ0v) is 18.1. The summed E-state index contributed by atoms with van der Waals surface area (Å²) in [5.41, 5.74) is 2.97. The van der Waals surface area contributed by atoms with Gasteiger partial charge in [0.1, 0.15) is 5.75 Å². The molecule has 0 aromatic heterocycles. The van der Waals surface area contributed by atoms with Crippen LogP contribution in [0.2, 0.25) is 0 Å². The van der Waals surface area contributed by atoms with E-state index in [-0.39, 0.29) is 22.8 Å².